The highest BCUT2D eigenvalue weighted by Gasteiger charge is 2.24. The summed E-state index contributed by atoms with van der Waals surface area (Å²) in [6.07, 6.45) is 0. The van der Waals surface area contributed by atoms with Gasteiger partial charge in [-0.25, -0.2) is 0 Å². The molecule has 1 nitrogen and oxygen atoms in total. The number of hydrogen-bond donors (Lipinski definition) is 0. The lowest BCUT2D eigenvalue weighted by Crippen LogP contribution is -2.11. The Balaban J connectivity index is 1.14. The molecule has 0 N–H and O–H groups in total. The van der Waals surface area contributed by atoms with Gasteiger partial charge < -0.3 is 4.74 Å². The maximum Gasteiger partial charge on any atom is 0.126 e. The lowest BCUT2D eigenvalue weighted by atomic mass is 9.80. The standard InChI is InChI=1S/C69H54O/c1-43-20-7-11-26-52(43)62-40-50(61-42-51(69(3,4)5)34-35-65(61)70-6)41-63(53-27-12-8-21-44(53)2)67(62)48-25-19-24-47(37-48)66-56-30-15-17-32-58(56)68(59-33-18-16-31-57(59)66)64-39-49-36-45-22-9-10-23-46(45)38-60(49)54-28-13-14-29-55(54)64/h7-42H,1-6H3. The van der Waals surface area contributed by atoms with Gasteiger partial charge in [0.1, 0.15) is 5.75 Å². The molecule has 0 unspecified atom stereocenters. The van der Waals surface area contributed by atoms with E-state index in [9.17, 15) is 0 Å². The summed E-state index contributed by atoms with van der Waals surface area (Å²) in [5.41, 5.74) is 18.0. The zero-order valence-corrected chi connectivity index (χ0v) is 40.7. The fourth-order valence-electron chi connectivity index (χ4n) is 11.2. The van der Waals surface area contributed by atoms with Crippen molar-refractivity contribution in [2.45, 2.75) is 40.0 Å². The van der Waals surface area contributed by atoms with Crippen LogP contribution in [0.25, 0.3) is 121 Å². The third-order valence-electron chi connectivity index (χ3n) is 14.8. The van der Waals surface area contributed by atoms with Crippen LogP contribution in [-0.4, -0.2) is 7.11 Å². The Morgan fingerprint density at radius 1 is 0.300 bits per heavy atom. The number of benzene rings is 12. The van der Waals surface area contributed by atoms with Crippen LogP contribution in [0, 0.1) is 13.8 Å². The van der Waals surface area contributed by atoms with Crippen LogP contribution < -0.4 is 4.74 Å². The smallest absolute Gasteiger partial charge is 0.126 e. The van der Waals surface area contributed by atoms with Crippen LogP contribution in [0.3, 0.4) is 0 Å². The Hall–Kier alpha value is -8.26. The molecule has 1 heteroatoms. The topological polar surface area (TPSA) is 9.23 Å². The Labute approximate surface area is 411 Å². The van der Waals surface area contributed by atoms with Crippen LogP contribution >= 0.6 is 0 Å². The highest BCUT2D eigenvalue weighted by Crippen LogP contribution is 2.50. The molecule has 0 saturated carbocycles. The molecule has 0 atom stereocenters. The number of hydrogen-bond acceptors (Lipinski definition) is 1. The molecule has 0 amide bonds. The first-order valence-electron chi connectivity index (χ1n) is 24.5. The predicted octanol–water partition coefficient (Wildman–Crippen LogP) is 19.4. The van der Waals surface area contributed by atoms with Crippen molar-refractivity contribution in [1.29, 1.82) is 0 Å². The second-order valence-electron chi connectivity index (χ2n) is 20.1. The van der Waals surface area contributed by atoms with Gasteiger partial charge in [0.25, 0.3) is 0 Å². The molecule has 0 aromatic heterocycles. The third kappa shape index (κ3) is 7.24. The van der Waals surface area contributed by atoms with Crippen LogP contribution in [0.2, 0.25) is 0 Å². The molecule has 12 aromatic carbocycles. The van der Waals surface area contributed by atoms with Crippen LogP contribution in [-0.2, 0) is 5.41 Å². The van der Waals surface area contributed by atoms with Crippen molar-refractivity contribution < 1.29 is 4.74 Å². The van der Waals surface area contributed by atoms with Crippen molar-refractivity contribution in [3.05, 3.63) is 235 Å². The van der Waals surface area contributed by atoms with Gasteiger partial charge in [-0.05, 0) is 200 Å². The lowest BCUT2D eigenvalue weighted by molar-refractivity contribution is 0.416. The molecule has 0 bridgehead atoms. The van der Waals surface area contributed by atoms with E-state index in [1.807, 2.05) is 0 Å². The third-order valence-corrected chi connectivity index (χ3v) is 14.8. The van der Waals surface area contributed by atoms with Crippen molar-refractivity contribution in [3.63, 3.8) is 0 Å². The van der Waals surface area contributed by atoms with Crippen LogP contribution in [0.15, 0.2) is 218 Å². The molecule has 0 aliphatic heterocycles. The average molecular weight is 899 g/mol. The minimum absolute atomic E-state index is 0.0375. The van der Waals surface area contributed by atoms with E-state index in [2.05, 4.69) is 253 Å². The van der Waals surface area contributed by atoms with Gasteiger partial charge in [-0.3, -0.25) is 0 Å². The SMILES string of the molecule is COc1ccc(C(C)(C)C)cc1-c1cc(-c2ccccc2C)c(-c2cccc(-c3c4ccccc4c(-c4cc5cc6ccccc6cc5c5ccccc45)c4ccccc34)c2)c(-c2ccccc2C)c1. The maximum absolute atomic E-state index is 6.15. The van der Waals surface area contributed by atoms with Crippen LogP contribution in [0.1, 0.15) is 37.5 Å². The summed E-state index contributed by atoms with van der Waals surface area (Å²) in [5, 5.41) is 12.5. The molecule has 0 heterocycles. The molecule has 12 rings (SSSR count). The first-order valence-corrected chi connectivity index (χ1v) is 24.5. The molecule has 0 aliphatic rings. The van der Waals surface area contributed by atoms with Crippen molar-refractivity contribution >= 4 is 53.9 Å². The van der Waals surface area contributed by atoms with Gasteiger partial charge in [0.2, 0.25) is 0 Å². The summed E-state index contributed by atoms with van der Waals surface area (Å²) in [4.78, 5) is 0. The number of fused-ring (bicyclic) bond motifs is 6. The predicted molar refractivity (Wildman–Crippen MR) is 301 cm³/mol. The summed E-state index contributed by atoms with van der Waals surface area (Å²) in [7, 11) is 1.78. The maximum atomic E-state index is 6.15. The van der Waals surface area contributed by atoms with Gasteiger partial charge >= 0.3 is 0 Å². The molecule has 12 aromatic rings. The summed E-state index contributed by atoms with van der Waals surface area (Å²) in [6.45, 7) is 11.3. The fourth-order valence-corrected chi connectivity index (χ4v) is 11.2. The van der Waals surface area contributed by atoms with Crippen LogP contribution in [0.5, 0.6) is 5.75 Å². The Kier molecular flexibility index (Phi) is 10.5. The van der Waals surface area contributed by atoms with E-state index in [1.165, 1.54) is 126 Å². The summed E-state index contributed by atoms with van der Waals surface area (Å²) in [6, 6.07) is 81.5. The van der Waals surface area contributed by atoms with Gasteiger partial charge in [-0.15, -0.1) is 0 Å². The second kappa shape index (κ2) is 17.1. The fraction of sp³-hybridized carbons (Fsp3) is 0.101. The van der Waals surface area contributed by atoms with Crippen molar-refractivity contribution in [2.24, 2.45) is 0 Å². The first kappa shape index (κ1) is 43.0. The van der Waals surface area contributed by atoms with E-state index in [1.54, 1.807) is 7.11 Å². The van der Waals surface area contributed by atoms with Gasteiger partial charge in [0.15, 0.2) is 0 Å². The van der Waals surface area contributed by atoms with E-state index in [-0.39, 0.29) is 5.41 Å². The Bertz CT molecular complexity index is 3930. The number of methoxy groups -OCH3 is 1. The van der Waals surface area contributed by atoms with Crippen molar-refractivity contribution in [3.8, 4) is 72.5 Å². The minimum Gasteiger partial charge on any atom is -0.496 e. The largest absolute Gasteiger partial charge is 0.496 e. The summed E-state index contributed by atoms with van der Waals surface area (Å²) in [5.74, 6) is 0.863. The highest BCUT2D eigenvalue weighted by atomic mass is 16.5. The lowest BCUT2D eigenvalue weighted by Gasteiger charge is -2.24. The summed E-state index contributed by atoms with van der Waals surface area (Å²) >= 11 is 0. The zero-order valence-electron chi connectivity index (χ0n) is 40.7. The summed E-state index contributed by atoms with van der Waals surface area (Å²) < 4.78 is 6.15. The molecule has 0 radical (unpaired) electrons. The molecule has 0 saturated heterocycles. The average Bonchev–Trinajstić information content (AvgIpc) is 3.39. The molecule has 70 heavy (non-hydrogen) atoms. The van der Waals surface area contributed by atoms with Crippen molar-refractivity contribution in [2.75, 3.05) is 7.11 Å². The van der Waals surface area contributed by atoms with E-state index in [0.717, 1.165) is 16.9 Å². The van der Waals surface area contributed by atoms with E-state index < -0.39 is 0 Å². The minimum atomic E-state index is -0.0375. The first-order chi connectivity index (χ1) is 34.1. The van der Waals surface area contributed by atoms with Crippen molar-refractivity contribution in [1.82, 2.24) is 0 Å². The number of aryl methyl sites for hydroxylation is 2. The number of rotatable bonds is 7. The van der Waals surface area contributed by atoms with Gasteiger partial charge in [0.05, 0.1) is 7.11 Å². The Morgan fingerprint density at radius 2 is 0.800 bits per heavy atom. The highest BCUT2D eigenvalue weighted by molar-refractivity contribution is 6.26. The molecular weight excluding hydrogens is 845 g/mol. The normalized spacial score (nSPS) is 11.9. The molecule has 336 valence electrons. The van der Waals surface area contributed by atoms with Crippen LogP contribution in [0.4, 0.5) is 0 Å². The molecule has 0 spiro atoms. The monoisotopic (exact) mass is 898 g/mol. The molecule has 0 aliphatic carbocycles. The van der Waals surface area contributed by atoms with E-state index in [0.29, 0.717) is 0 Å². The quantitative estimate of drug-likeness (QED) is 0.114. The van der Waals surface area contributed by atoms with Gasteiger partial charge in [-0.1, -0.05) is 191 Å². The van der Waals surface area contributed by atoms with Gasteiger partial charge in [-0.2, -0.15) is 0 Å². The van der Waals surface area contributed by atoms with Gasteiger partial charge in [0, 0.05) is 5.56 Å². The zero-order chi connectivity index (χ0) is 47.7. The van der Waals surface area contributed by atoms with E-state index in [4.69, 9.17) is 4.74 Å². The second-order valence-corrected chi connectivity index (χ2v) is 20.1. The van der Waals surface area contributed by atoms with E-state index >= 15 is 0 Å². The number of ether oxygens (including phenoxy) is 1. The Morgan fingerprint density at radius 3 is 1.37 bits per heavy atom. The molecule has 0 fully saturated rings. The molecular formula is C69H54O.